The first kappa shape index (κ1) is 25.0. The zero-order chi connectivity index (χ0) is 24.5. The normalized spacial score (nSPS) is 31.3. The molecule has 2 N–H and O–H groups in total. The monoisotopic (exact) mass is 488 g/mol. The number of carbonyl (C=O) groups is 3. The van der Waals surface area contributed by atoms with Gasteiger partial charge in [-0.3, -0.25) is 14.4 Å². The van der Waals surface area contributed by atoms with E-state index in [1.165, 1.54) is 0 Å². The first-order chi connectivity index (χ1) is 16.4. The molecule has 4 rings (SSSR count). The molecule has 3 unspecified atom stereocenters. The highest BCUT2D eigenvalue weighted by Gasteiger charge is 2.74. The number of esters is 1. The lowest BCUT2D eigenvalue weighted by molar-refractivity contribution is -0.154. The van der Waals surface area contributed by atoms with Gasteiger partial charge in [-0.2, -0.15) is 0 Å². The van der Waals surface area contributed by atoms with Crippen LogP contribution >= 0.6 is 11.8 Å². The number of nitrogens with zero attached hydrogens (tertiary/aromatic N) is 1. The van der Waals surface area contributed by atoms with Crippen molar-refractivity contribution in [1.82, 2.24) is 10.2 Å². The van der Waals surface area contributed by atoms with Gasteiger partial charge in [-0.1, -0.05) is 43.7 Å². The summed E-state index contributed by atoms with van der Waals surface area (Å²) in [4.78, 5) is 42.3. The number of likely N-dealkylation sites (tertiary alicyclic amines) is 1. The van der Waals surface area contributed by atoms with Gasteiger partial charge in [-0.05, 0) is 45.1 Å². The largest absolute Gasteiger partial charge is 0.466 e. The third-order valence-electron chi connectivity index (χ3n) is 7.57. The number of benzene rings is 1. The number of nitrogens with one attached hydrogen (secondary N) is 1. The number of rotatable bonds is 10. The topological polar surface area (TPSA) is 95.9 Å². The number of amides is 2. The average Bonchev–Trinajstić information content (AvgIpc) is 3.46. The molecule has 0 saturated carbocycles. The second-order valence-corrected chi connectivity index (χ2v) is 11.4. The average molecular weight is 489 g/mol. The quantitative estimate of drug-likeness (QED) is 0.492. The van der Waals surface area contributed by atoms with Crippen molar-refractivity contribution in [3.05, 3.63) is 35.9 Å². The van der Waals surface area contributed by atoms with Crippen LogP contribution in [0, 0.1) is 11.8 Å². The minimum atomic E-state index is -0.723. The van der Waals surface area contributed by atoms with Crippen LogP contribution in [0.2, 0.25) is 0 Å². The van der Waals surface area contributed by atoms with E-state index in [1.807, 2.05) is 37.3 Å². The summed E-state index contributed by atoms with van der Waals surface area (Å²) >= 11 is 1.62. The number of fused-ring (bicyclic) bond motifs is 1. The van der Waals surface area contributed by atoms with Crippen LogP contribution in [-0.2, 0) is 25.5 Å². The fourth-order valence-corrected chi connectivity index (χ4v) is 8.45. The summed E-state index contributed by atoms with van der Waals surface area (Å²) in [6, 6.07) is 8.41. The molecule has 34 heavy (non-hydrogen) atoms. The van der Waals surface area contributed by atoms with Gasteiger partial charge >= 0.3 is 5.97 Å². The minimum absolute atomic E-state index is 0.0137. The van der Waals surface area contributed by atoms with Crippen molar-refractivity contribution in [2.45, 2.75) is 81.0 Å². The molecule has 1 aromatic carbocycles. The van der Waals surface area contributed by atoms with Gasteiger partial charge in [-0.15, -0.1) is 11.8 Å². The summed E-state index contributed by atoms with van der Waals surface area (Å²) in [5, 5.41) is 13.5. The highest BCUT2D eigenvalue weighted by molar-refractivity contribution is 8.02. The van der Waals surface area contributed by atoms with E-state index < -0.39 is 28.7 Å². The van der Waals surface area contributed by atoms with Crippen LogP contribution in [0.3, 0.4) is 0 Å². The molecule has 1 aromatic rings. The van der Waals surface area contributed by atoms with Crippen molar-refractivity contribution in [3.63, 3.8) is 0 Å². The van der Waals surface area contributed by atoms with E-state index in [1.54, 1.807) is 23.6 Å². The molecule has 3 saturated heterocycles. The molecule has 186 valence electrons. The number of thioether (sulfide) groups is 1. The van der Waals surface area contributed by atoms with Gasteiger partial charge in [-0.25, -0.2) is 0 Å². The maximum absolute atomic E-state index is 14.0. The maximum Gasteiger partial charge on any atom is 0.310 e. The van der Waals surface area contributed by atoms with Crippen LogP contribution < -0.4 is 5.32 Å². The van der Waals surface area contributed by atoms with E-state index in [9.17, 15) is 19.5 Å². The Morgan fingerprint density at radius 1 is 1.29 bits per heavy atom. The third-order valence-corrected chi connectivity index (χ3v) is 9.53. The van der Waals surface area contributed by atoms with Crippen molar-refractivity contribution >= 4 is 29.5 Å². The first-order valence-corrected chi connectivity index (χ1v) is 13.4. The molecule has 3 heterocycles. The minimum Gasteiger partial charge on any atom is -0.466 e. The predicted octanol–water partition coefficient (Wildman–Crippen LogP) is 2.55. The lowest BCUT2D eigenvalue weighted by atomic mass is 9.71. The summed E-state index contributed by atoms with van der Waals surface area (Å²) in [6.45, 7) is 5.82. The van der Waals surface area contributed by atoms with Crippen molar-refractivity contribution < 1.29 is 24.2 Å². The summed E-state index contributed by atoms with van der Waals surface area (Å²) in [7, 11) is 0. The molecule has 7 nitrogen and oxygen atoms in total. The lowest BCUT2D eigenvalue weighted by Crippen LogP contribution is -2.58. The van der Waals surface area contributed by atoms with Crippen molar-refractivity contribution in [3.8, 4) is 0 Å². The summed E-state index contributed by atoms with van der Waals surface area (Å²) < 4.78 is 4.70. The SMILES string of the molecule is CCCC(C)NC(=O)C1N([C@@H](CO)Cc2ccccc2)C(=O)[C@@H]2[C@@H](C(=O)OCC)[C@H]3CCC12S3. The molecule has 0 radical (unpaired) electrons. The van der Waals surface area contributed by atoms with Crippen molar-refractivity contribution in [1.29, 1.82) is 0 Å². The molecular weight excluding hydrogens is 452 g/mol. The van der Waals surface area contributed by atoms with Crippen LogP contribution in [-0.4, -0.2) is 69.1 Å². The molecule has 0 aliphatic carbocycles. The zero-order valence-electron chi connectivity index (χ0n) is 20.2. The summed E-state index contributed by atoms with van der Waals surface area (Å²) in [5.41, 5.74) is 0.987. The Hall–Kier alpha value is -2.06. The van der Waals surface area contributed by atoms with E-state index in [0.717, 1.165) is 24.8 Å². The van der Waals surface area contributed by atoms with E-state index in [4.69, 9.17) is 4.74 Å². The molecule has 7 atom stereocenters. The molecule has 8 heteroatoms. The smallest absolute Gasteiger partial charge is 0.310 e. The number of hydrogen-bond acceptors (Lipinski definition) is 6. The number of ether oxygens (including phenoxy) is 1. The van der Waals surface area contributed by atoms with Gasteiger partial charge in [0.25, 0.3) is 0 Å². The molecular formula is C26H36N2O5S. The molecule has 3 aliphatic heterocycles. The van der Waals surface area contributed by atoms with Gasteiger partial charge in [0.1, 0.15) is 6.04 Å². The lowest BCUT2D eigenvalue weighted by Gasteiger charge is -2.37. The van der Waals surface area contributed by atoms with E-state index in [-0.39, 0.29) is 42.3 Å². The van der Waals surface area contributed by atoms with Gasteiger partial charge in [0.15, 0.2) is 0 Å². The Morgan fingerprint density at radius 3 is 2.68 bits per heavy atom. The fourth-order valence-electron chi connectivity index (χ4n) is 6.25. The van der Waals surface area contributed by atoms with Crippen LogP contribution in [0.1, 0.15) is 52.0 Å². The third kappa shape index (κ3) is 4.24. The maximum atomic E-state index is 14.0. The second kappa shape index (κ2) is 10.3. The molecule has 2 bridgehead atoms. The van der Waals surface area contributed by atoms with Crippen molar-refractivity contribution in [2.75, 3.05) is 13.2 Å². The van der Waals surface area contributed by atoms with Gasteiger partial charge in [0.05, 0.1) is 35.8 Å². The van der Waals surface area contributed by atoms with Crippen LogP contribution in [0.25, 0.3) is 0 Å². The molecule has 2 amide bonds. The van der Waals surface area contributed by atoms with E-state index in [0.29, 0.717) is 12.8 Å². The van der Waals surface area contributed by atoms with Gasteiger partial charge < -0.3 is 20.1 Å². The Morgan fingerprint density at radius 2 is 2.03 bits per heavy atom. The zero-order valence-corrected chi connectivity index (χ0v) is 21.1. The first-order valence-electron chi connectivity index (χ1n) is 12.5. The number of aliphatic hydroxyl groups excluding tert-OH is 1. The van der Waals surface area contributed by atoms with Crippen LogP contribution in [0.15, 0.2) is 30.3 Å². The Balaban J connectivity index is 1.72. The number of hydrogen-bond donors (Lipinski definition) is 2. The fraction of sp³-hybridized carbons (Fsp3) is 0.654. The highest BCUT2D eigenvalue weighted by atomic mass is 32.2. The number of aliphatic hydroxyl groups is 1. The summed E-state index contributed by atoms with van der Waals surface area (Å²) in [5.74, 6) is -1.87. The van der Waals surface area contributed by atoms with Crippen LogP contribution in [0.5, 0.6) is 0 Å². The van der Waals surface area contributed by atoms with E-state index >= 15 is 0 Å². The summed E-state index contributed by atoms with van der Waals surface area (Å²) in [6.07, 6.45) is 3.71. The Labute approximate surface area is 206 Å². The van der Waals surface area contributed by atoms with Crippen molar-refractivity contribution in [2.24, 2.45) is 11.8 Å². The van der Waals surface area contributed by atoms with E-state index in [2.05, 4.69) is 12.2 Å². The standard InChI is InChI=1S/C26H36N2O5S/c1-4-9-16(3)27-23(30)22-26-13-12-19(34-26)20(25(32)33-5-2)21(26)24(31)28(22)18(15-29)14-17-10-7-6-8-11-17/h6-8,10-11,16,18-22,29H,4-5,9,12-15H2,1-3H3,(H,27,30)/t16?,18-,19-,20+,21+,22?,26?/m1/s1. The second-order valence-electron chi connectivity index (χ2n) is 9.78. The molecule has 1 spiro atoms. The van der Waals surface area contributed by atoms with Gasteiger partial charge in [0, 0.05) is 11.3 Å². The highest BCUT2D eigenvalue weighted by Crippen LogP contribution is 2.66. The molecule has 0 aromatic heterocycles. The molecule has 3 fully saturated rings. The predicted molar refractivity (Wildman–Crippen MR) is 131 cm³/mol. The van der Waals surface area contributed by atoms with Crippen LogP contribution in [0.4, 0.5) is 0 Å². The number of carbonyl (C=O) groups excluding carboxylic acids is 3. The Bertz CT molecular complexity index is 912. The van der Waals surface area contributed by atoms with Gasteiger partial charge in [0.2, 0.25) is 11.8 Å². The Kier molecular flexibility index (Phi) is 7.57. The molecule has 3 aliphatic rings.